The number of aromatic nitrogens is 1. The Bertz CT molecular complexity index is 601. The van der Waals surface area contributed by atoms with Gasteiger partial charge in [0.05, 0.1) is 10.7 Å². The van der Waals surface area contributed by atoms with Gasteiger partial charge in [-0.3, -0.25) is 0 Å². The molecule has 0 spiro atoms. The molecule has 2 rings (SSSR count). The molecule has 0 aliphatic heterocycles. The molecule has 0 unspecified atom stereocenters. The summed E-state index contributed by atoms with van der Waals surface area (Å²) < 4.78 is 58.0. The summed E-state index contributed by atoms with van der Waals surface area (Å²) >= 11 is 2.94. The Hall–Kier alpha value is -1.83. The maximum absolute atomic E-state index is 12.7. The van der Waals surface area contributed by atoms with E-state index in [1.165, 1.54) is 18.2 Å². The molecule has 0 aliphatic carbocycles. The van der Waals surface area contributed by atoms with Gasteiger partial charge in [0.2, 0.25) is 5.88 Å². The molecule has 1 heterocycles. The number of pyridine rings is 1. The predicted molar refractivity (Wildman–Crippen MR) is 65.1 cm³/mol. The van der Waals surface area contributed by atoms with Crippen molar-refractivity contribution in [1.29, 1.82) is 0 Å². The lowest BCUT2D eigenvalue weighted by Crippen LogP contribution is -2.17. The van der Waals surface area contributed by atoms with Gasteiger partial charge in [-0.15, -0.1) is 13.2 Å². The van der Waals surface area contributed by atoms with Gasteiger partial charge in [-0.25, -0.2) is 9.37 Å². The van der Waals surface area contributed by atoms with Crippen LogP contribution in [0.25, 0.3) is 0 Å². The summed E-state index contributed by atoms with van der Waals surface area (Å²) in [7, 11) is 0. The first-order valence-corrected chi connectivity index (χ1v) is 5.97. The molecule has 106 valence electrons. The van der Waals surface area contributed by atoms with Crippen LogP contribution >= 0.6 is 15.9 Å². The number of hydrogen-bond donors (Lipinski definition) is 0. The van der Waals surface area contributed by atoms with Crippen LogP contribution in [0.15, 0.2) is 41.0 Å². The maximum Gasteiger partial charge on any atom is 0.573 e. The molecule has 0 saturated heterocycles. The molecule has 0 atom stereocenters. The van der Waals surface area contributed by atoms with Crippen molar-refractivity contribution < 1.29 is 27.0 Å². The van der Waals surface area contributed by atoms with Crippen molar-refractivity contribution >= 4 is 15.9 Å². The van der Waals surface area contributed by atoms with Crippen LogP contribution in [0, 0.1) is 5.82 Å². The normalized spacial score (nSPS) is 11.2. The summed E-state index contributed by atoms with van der Waals surface area (Å²) in [6.07, 6.45) is -3.81. The highest BCUT2D eigenvalue weighted by Crippen LogP contribution is 2.34. The fraction of sp³-hybridized carbons (Fsp3) is 0.0833. The third-order valence-electron chi connectivity index (χ3n) is 2.05. The third-order valence-corrected chi connectivity index (χ3v) is 2.67. The molecule has 0 N–H and O–H groups in total. The number of halogens is 5. The Morgan fingerprint density at radius 1 is 1.10 bits per heavy atom. The summed E-state index contributed by atoms with van der Waals surface area (Å²) in [6.45, 7) is 0. The van der Waals surface area contributed by atoms with Crippen LogP contribution in [-0.2, 0) is 0 Å². The van der Waals surface area contributed by atoms with Crippen molar-refractivity contribution in [3.63, 3.8) is 0 Å². The standard InChI is InChI=1S/C12H6BrF4NO2/c13-9-5-8(2-3-10(9)20-12(15,16)17)19-11-4-1-7(14)6-18-11/h1-6H. The van der Waals surface area contributed by atoms with E-state index in [1.54, 1.807) is 0 Å². The lowest BCUT2D eigenvalue weighted by Gasteiger charge is -2.11. The predicted octanol–water partition coefficient (Wildman–Crippen LogP) is 4.67. The zero-order valence-corrected chi connectivity index (χ0v) is 11.2. The minimum Gasteiger partial charge on any atom is -0.439 e. The molecule has 0 bridgehead atoms. The quantitative estimate of drug-likeness (QED) is 0.752. The Labute approximate surface area is 119 Å². The fourth-order valence-corrected chi connectivity index (χ4v) is 1.73. The number of rotatable bonds is 3. The van der Waals surface area contributed by atoms with Gasteiger partial charge in [0, 0.05) is 6.07 Å². The van der Waals surface area contributed by atoms with Crippen LogP contribution in [0.2, 0.25) is 0 Å². The van der Waals surface area contributed by atoms with Crippen LogP contribution in [0.5, 0.6) is 17.4 Å². The Morgan fingerprint density at radius 3 is 2.40 bits per heavy atom. The molecule has 1 aromatic carbocycles. The molecule has 1 aromatic heterocycles. The van der Waals surface area contributed by atoms with E-state index in [1.807, 2.05) is 0 Å². The summed E-state index contributed by atoms with van der Waals surface area (Å²) in [5, 5.41) is 0. The highest BCUT2D eigenvalue weighted by molar-refractivity contribution is 9.10. The van der Waals surface area contributed by atoms with Gasteiger partial charge in [0.25, 0.3) is 0 Å². The maximum atomic E-state index is 12.7. The average molecular weight is 352 g/mol. The van der Waals surface area contributed by atoms with Gasteiger partial charge >= 0.3 is 6.36 Å². The molecule has 3 nitrogen and oxygen atoms in total. The van der Waals surface area contributed by atoms with Crippen LogP contribution < -0.4 is 9.47 Å². The summed E-state index contributed by atoms with van der Waals surface area (Å²) in [6, 6.07) is 6.10. The van der Waals surface area contributed by atoms with Crippen LogP contribution in [0.3, 0.4) is 0 Å². The smallest absolute Gasteiger partial charge is 0.439 e. The topological polar surface area (TPSA) is 31.4 Å². The van der Waals surface area contributed by atoms with Crippen molar-refractivity contribution in [1.82, 2.24) is 4.98 Å². The van der Waals surface area contributed by atoms with E-state index in [2.05, 4.69) is 25.7 Å². The Morgan fingerprint density at radius 2 is 1.85 bits per heavy atom. The lowest BCUT2D eigenvalue weighted by atomic mass is 10.3. The molecule has 8 heteroatoms. The molecule has 20 heavy (non-hydrogen) atoms. The summed E-state index contributed by atoms with van der Waals surface area (Å²) in [5.74, 6) is -0.572. The Balaban J connectivity index is 2.14. The first-order valence-electron chi connectivity index (χ1n) is 5.18. The SMILES string of the molecule is Fc1ccc(Oc2ccc(OC(F)(F)F)c(Br)c2)nc1. The van der Waals surface area contributed by atoms with Crippen molar-refractivity contribution in [3.8, 4) is 17.4 Å². The summed E-state index contributed by atoms with van der Waals surface area (Å²) in [4.78, 5) is 3.66. The largest absolute Gasteiger partial charge is 0.573 e. The first-order chi connectivity index (χ1) is 9.33. The minimum absolute atomic E-state index is 0.0643. The van der Waals surface area contributed by atoms with E-state index in [9.17, 15) is 17.6 Å². The zero-order chi connectivity index (χ0) is 14.8. The van der Waals surface area contributed by atoms with Crippen molar-refractivity contribution in [3.05, 3.63) is 46.8 Å². The number of ether oxygens (including phenoxy) is 2. The fourth-order valence-electron chi connectivity index (χ4n) is 1.30. The second kappa shape index (κ2) is 5.66. The molecule has 0 fully saturated rings. The Kier molecular flexibility index (Phi) is 4.12. The van der Waals surface area contributed by atoms with Crippen LogP contribution in [-0.4, -0.2) is 11.3 Å². The van der Waals surface area contributed by atoms with Gasteiger partial charge in [-0.05, 0) is 40.2 Å². The highest BCUT2D eigenvalue weighted by atomic mass is 79.9. The van der Waals surface area contributed by atoms with E-state index >= 15 is 0 Å². The first kappa shape index (κ1) is 14.6. The van der Waals surface area contributed by atoms with E-state index in [0.717, 1.165) is 18.3 Å². The van der Waals surface area contributed by atoms with Crippen molar-refractivity contribution in [2.75, 3.05) is 0 Å². The van der Waals surface area contributed by atoms with Gasteiger partial charge in [-0.1, -0.05) is 0 Å². The molecule has 0 amide bonds. The van der Waals surface area contributed by atoms with Crippen LogP contribution in [0.1, 0.15) is 0 Å². The number of hydrogen-bond acceptors (Lipinski definition) is 3. The average Bonchev–Trinajstić information content (AvgIpc) is 2.34. The monoisotopic (exact) mass is 351 g/mol. The highest BCUT2D eigenvalue weighted by Gasteiger charge is 2.32. The van der Waals surface area contributed by atoms with Crippen molar-refractivity contribution in [2.24, 2.45) is 0 Å². The molecular formula is C12H6BrF4NO2. The van der Waals surface area contributed by atoms with Crippen molar-refractivity contribution in [2.45, 2.75) is 6.36 Å². The van der Waals surface area contributed by atoms with E-state index < -0.39 is 17.9 Å². The number of benzene rings is 1. The lowest BCUT2D eigenvalue weighted by molar-refractivity contribution is -0.274. The molecule has 0 saturated carbocycles. The van der Waals surface area contributed by atoms with E-state index in [4.69, 9.17) is 4.74 Å². The molecule has 0 aliphatic rings. The minimum atomic E-state index is -4.77. The van der Waals surface area contributed by atoms with E-state index in [0.29, 0.717) is 0 Å². The van der Waals surface area contributed by atoms with Gasteiger partial charge in [-0.2, -0.15) is 0 Å². The molecule has 2 aromatic rings. The number of alkyl halides is 3. The second-order valence-electron chi connectivity index (χ2n) is 3.56. The second-order valence-corrected chi connectivity index (χ2v) is 4.41. The number of nitrogens with zero attached hydrogens (tertiary/aromatic N) is 1. The van der Waals surface area contributed by atoms with E-state index in [-0.39, 0.29) is 16.1 Å². The summed E-state index contributed by atoms with van der Waals surface area (Å²) in [5.41, 5.74) is 0. The van der Waals surface area contributed by atoms with Gasteiger partial charge < -0.3 is 9.47 Å². The zero-order valence-electron chi connectivity index (χ0n) is 9.62. The molecule has 0 radical (unpaired) electrons. The van der Waals surface area contributed by atoms with Crippen LogP contribution in [0.4, 0.5) is 17.6 Å². The third kappa shape index (κ3) is 4.09. The van der Waals surface area contributed by atoms with Gasteiger partial charge in [0.1, 0.15) is 17.3 Å². The van der Waals surface area contributed by atoms with Gasteiger partial charge in [0.15, 0.2) is 0 Å². The molecular weight excluding hydrogens is 346 g/mol.